The van der Waals surface area contributed by atoms with Crippen LogP contribution in [0.3, 0.4) is 0 Å². The van der Waals surface area contributed by atoms with Gasteiger partial charge in [0.2, 0.25) is 0 Å². The van der Waals surface area contributed by atoms with Gasteiger partial charge in [-0.15, -0.1) is 12.4 Å². The molecule has 0 aromatic rings. The zero-order valence-electron chi connectivity index (χ0n) is 7.19. The van der Waals surface area contributed by atoms with Crippen LogP contribution in [0, 0.1) is 0 Å². The summed E-state index contributed by atoms with van der Waals surface area (Å²) < 4.78 is 5.06. The molecule has 1 heterocycles. The Hall–Kier alpha value is -0.320. The van der Waals surface area contributed by atoms with Gasteiger partial charge < -0.3 is 9.84 Å². The second-order valence-corrected chi connectivity index (χ2v) is 2.89. The quantitative estimate of drug-likeness (QED) is 0.685. The molecule has 5 heteroatoms. The first-order chi connectivity index (χ1) is 5.15. The molecule has 12 heavy (non-hydrogen) atoms. The van der Waals surface area contributed by atoms with Gasteiger partial charge in [-0.1, -0.05) is 0 Å². The lowest BCUT2D eigenvalue weighted by Crippen LogP contribution is -2.32. The van der Waals surface area contributed by atoms with Crippen molar-refractivity contribution in [2.24, 2.45) is 0 Å². The first-order valence-corrected chi connectivity index (χ1v) is 3.61. The largest absolute Gasteiger partial charge is 0.480 e. The number of carboxylic acid groups (broad SMARTS) is 1. The minimum Gasteiger partial charge on any atom is -0.480 e. The summed E-state index contributed by atoms with van der Waals surface area (Å²) in [7, 11) is 3.42. The van der Waals surface area contributed by atoms with Crippen LogP contribution in [0.5, 0.6) is 0 Å². The molecule has 1 saturated heterocycles. The predicted molar refractivity (Wildman–Crippen MR) is 46.7 cm³/mol. The fourth-order valence-corrected chi connectivity index (χ4v) is 1.41. The van der Waals surface area contributed by atoms with Crippen molar-refractivity contribution >= 4 is 18.4 Å². The van der Waals surface area contributed by atoms with Gasteiger partial charge in [-0.2, -0.15) is 0 Å². The van der Waals surface area contributed by atoms with E-state index in [4.69, 9.17) is 9.84 Å². The van der Waals surface area contributed by atoms with E-state index in [0.29, 0.717) is 13.0 Å². The number of likely N-dealkylation sites (N-methyl/N-ethyl adjacent to an activating group) is 1. The minimum atomic E-state index is -0.757. The molecule has 1 rings (SSSR count). The lowest BCUT2D eigenvalue weighted by molar-refractivity contribution is -0.141. The van der Waals surface area contributed by atoms with Crippen molar-refractivity contribution in [1.82, 2.24) is 4.90 Å². The van der Waals surface area contributed by atoms with E-state index in [-0.39, 0.29) is 24.6 Å². The van der Waals surface area contributed by atoms with Crippen LogP contribution in [0.15, 0.2) is 0 Å². The Labute approximate surface area is 77.9 Å². The van der Waals surface area contributed by atoms with Crippen LogP contribution >= 0.6 is 12.4 Å². The van der Waals surface area contributed by atoms with Crippen LogP contribution in [0.1, 0.15) is 6.42 Å². The van der Waals surface area contributed by atoms with Crippen molar-refractivity contribution in [2.75, 3.05) is 20.7 Å². The Morgan fingerprint density at radius 2 is 2.25 bits per heavy atom. The molecule has 72 valence electrons. The number of aliphatic carboxylic acids is 1. The molecule has 1 aliphatic heterocycles. The van der Waals surface area contributed by atoms with E-state index in [1.165, 1.54) is 0 Å². The molecule has 0 radical (unpaired) electrons. The number of halogens is 1. The maximum atomic E-state index is 10.6. The summed E-state index contributed by atoms with van der Waals surface area (Å²) in [6.45, 7) is 0.716. The molecule has 2 atom stereocenters. The van der Waals surface area contributed by atoms with Gasteiger partial charge in [-0.25, -0.2) is 0 Å². The summed E-state index contributed by atoms with van der Waals surface area (Å²) in [5.41, 5.74) is 0. The molecular weight excluding hydrogens is 182 g/mol. The van der Waals surface area contributed by atoms with Gasteiger partial charge in [0.25, 0.3) is 0 Å². The van der Waals surface area contributed by atoms with Crippen LogP contribution in [-0.4, -0.2) is 48.8 Å². The third-order valence-corrected chi connectivity index (χ3v) is 2.13. The number of ether oxygens (including phenoxy) is 1. The second kappa shape index (κ2) is 4.64. The smallest absolute Gasteiger partial charge is 0.321 e. The van der Waals surface area contributed by atoms with E-state index in [2.05, 4.69) is 0 Å². The normalized spacial score (nSPS) is 29.8. The van der Waals surface area contributed by atoms with Crippen molar-refractivity contribution in [3.8, 4) is 0 Å². The van der Waals surface area contributed by atoms with E-state index in [0.717, 1.165) is 0 Å². The van der Waals surface area contributed by atoms with Gasteiger partial charge in [-0.05, 0) is 7.05 Å². The first-order valence-electron chi connectivity index (χ1n) is 3.61. The van der Waals surface area contributed by atoms with Gasteiger partial charge in [0.05, 0.1) is 6.10 Å². The van der Waals surface area contributed by atoms with E-state index < -0.39 is 5.97 Å². The number of hydrogen-bond acceptors (Lipinski definition) is 3. The van der Waals surface area contributed by atoms with Crippen LogP contribution in [0.2, 0.25) is 0 Å². The zero-order chi connectivity index (χ0) is 8.43. The standard InChI is InChI=1S/C7H13NO3.ClH/c1-8-4-5(11-2)3-6(8)7(9)10;/h5-6H,3-4H2,1-2H3,(H,9,10);1H/t5-,6-;/m0./s1. The molecule has 1 N–H and O–H groups in total. The van der Waals surface area contributed by atoms with Crippen molar-refractivity contribution in [1.29, 1.82) is 0 Å². The van der Waals surface area contributed by atoms with Gasteiger partial charge >= 0.3 is 5.97 Å². The Bertz CT molecular complexity index is 165. The molecule has 4 nitrogen and oxygen atoms in total. The highest BCUT2D eigenvalue weighted by Gasteiger charge is 2.34. The summed E-state index contributed by atoms with van der Waals surface area (Å²) in [5.74, 6) is -0.757. The van der Waals surface area contributed by atoms with Crippen LogP contribution in [-0.2, 0) is 9.53 Å². The van der Waals surface area contributed by atoms with E-state index in [1.807, 2.05) is 0 Å². The van der Waals surface area contributed by atoms with E-state index in [1.54, 1.807) is 19.1 Å². The average Bonchev–Trinajstić information content (AvgIpc) is 2.30. The van der Waals surface area contributed by atoms with Gasteiger partial charge in [0.15, 0.2) is 0 Å². The van der Waals surface area contributed by atoms with Crippen molar-refractivity contribution < 1.29 is 14.6 Å². The maximum Gasteiger partial charge on any atom is 0.321 e. The first kappa shape index (κ1) is 11.7. The molecular formula is C7H14ClNO3. The number of hydrogen-bond donors (Lipinski definition) is 1. The number of carbonyl (C=O) groups is 1. The molecule has 0 aliphatic carbocycles. The molecule has 0 bridgehead atoms. The molecule has 0 unspecified atom stereocenters. The molecule has 1 fully saturated rings. The fourth-order valence-electron chi connectivity index (χ4n) is 1.41. The van der Waals surface area contributed by atoms with Gasteiger partial charge in [-0.3, -0.25) is 9.69 Å². The third-order valence-electron chi connectivity index (χ3n) is 2.13. The summed E-state index contributed by atoms with van der Waals surface area (Å²) in [4.78, 5) is 12.4. The van der Waals surface area contributed by atoms with Crippen LogP contribution in [0.25, 0.3) is 0 Å². The molecule has 0 aromatic carbocycles. The van der Waals surface area contributed by atoms with Crippen molar-refractivity contribution in [2.45, 2.75) is 18.6 Å². The average molecular weight is 196 g/mol. The Morgan fingerprint density at radius 3 is 2.50 bits per heavy atom. The minimum absolute atomic E-state index is 0. The highest BCUT2D eigenvalue weighted by Crippen LogP contribution is 2.17. The van der Waals surface area contributed by atoms with E-state index in [9.17, 15) is 4.79 Å². The highest BCUT2D eigenvalue weighted by atomic mass is 35.5. The second-order valence-electron chi connectivity index (χ2n) is 2.89. The molecule has 0 spiro atoms. The lowest BCUT2D eigenvalue weighted by atomic mass is 10.2. The van der Waals surface area contributed by atoms with E-state index >= 15 is 0 Å². The topological polar surface area (TPSA) is 49.8 Å². The summed E-state index contributed by atoms with van der Waals surface area (Å²) in [5, 5.41) is 8.70. The summed E-state index contributed by atoms with van der Waals surface area (Å²) >= 11 is 0. The fraction of sp³-hybridized carbons (Fsp3) is 0.857. The molecule has 0 saturated carbocycles. The number of likely N-dealkylation sites (tertiary alicyclic amines) is 1. The molecule has 1 aliphatic rings. The number of nitrogens with zero attached hydrogens (tertiary/aromatic N) is 1. The molecule has 0 amide bonds. The number of carboxylic acids is 1. The maximum absolute atomic E-state index is 10.6. The lowest BCUT2D eigenvalue weighted by Gasteiger charge is -2.12. The summed E-state index contributed by atoms with van der Waals surface area (Å²) in [6.07, 6.45) is 0.684. The Kier molecular flexibility index (Phi) is 4.52. The summed E-state index contributed by atoms with van der Waals surface area (Å²) in [6, 6.07) is -0.361. The highest BCUT2D eigenvalue weighted by molar-refractivity contribution is 5.85. The van der Waals surface area contributed by atoms with Gasteiger partial charge in [0.1, 0.15) is 6.04 Å². The SMILES string of the molecule is CO[C@H]1C[C@@H](C(=O)O)N(C)C1.Cl. The van der Waals surface area contributed by atoms with Gasteiger partial charge in [0, 0.05) is 20.1 Å². The third kappa shape index (κ3) is 2.33. The number of methoxy groups -OCH3 is 1. The van der Waals surface area contributed by atoms with Crippen molar-refractivity contribution in [3.05, 3.63) is 0 Å². The monoisotopic (exact) mass is 195 g/mol. The van der Waals surface area contributed by atoms with Crippen molar-refractivity contribution in [3.63, 3.8) is 0 Å². The van der Waals surface area contributed by atoms with Crippen LogP contribution in [0.4, 0.5) is 0 Å². The zero-order valence-corrected chi connectivity index (χ0v) is 8.00. The molecule has 0 aromatic heterocycles. The Balaban J connectivity index is 0.00000121. The number of rotatable bonds is 2. The van der Waals surface area contributed by atoms with Crippen LogP contribution < -0.4 is 0 Å². The Morgan fingerprint density at radius 1 is 1.67 bits per heavy atom. The predicted octanol–water partition coefficient (Wildman–Crippen LogP) is 0.212.